The second-order valence-electron chi connectivity index (χ2n) is 2.64. The van der Waals surface area contributed by atoms with Gasteiger partial charge in [-0.15, -0.1) is 0 Å². The monoisotopic (exact) mass is 204 g/mol. The summed E-state index contributed by atoms with van der Waals surface area (Å²) in [6, 6.07) is 0. The molecule has 2 heterocycles. The van der Waals surface area contributed by atoms with Crippen molar-refractivity contribution in [1.29, 1.82) is 0 Å². The molecule has 0 spiro atoms. The second kappa shape index (κ2) is 2.79. The number of aromatic nitrogens is 2. The predicted octanol–water partition coefficient (Wildman–Crippen LogP) is -0.939. The zero-order chi connectivity index (χ0) is 10.3. The molecule has 2 N–H and O–H groups in total. The molecule has 0 saturated carbocycles. The van der Waals surface area contributed by atoms with E-state index in [2.05, 4.69) is 4.98 Å². The Morgan fingerprint density at radius 1 is 1.77 bits per heavy atom. The summed E-state index contributed by atoms with van der Waals surface area (Å²) in [5, 5.41) is 4.68. The van der Waals surface area contributed by atoms with E-state index in [9.17, 15) is 8.42 Å². The van der Waals surface area contributed by atoms with Crippen molar-refractivity contribution in [1.82, 2.24) is 9.55 Å². The van der Waals surface area contributed by atoms with Crippen molar-refractivity contribution in [3.63, 3.8) is 0 Å². The highest BCUT2D eigenvalue weighted by molar-refractivity contribution is 7.89. The Balaban J connectivity index is 2.60. The normalized spacial score (nSPS) is 23.8. The van der Waals surface area contributed by atoms with Gasteiger partial charge in [0.05, 0.1) is 26.5 Å². The standard InChI is InChI=1S/C6H9N3O3S/c7-13(10,11)6-8-3-5-4-12-2-1-9(5)6/h3H,1-2,4H2,(H2,7,10,11)/i1D. The van der Waals surface area contributed by atoms with Gasteiger partial charge in [-0.1, -0.05) is 0 Å². The van der Waals surface area contributed by atoms with Crippen molar-refractivity contribution < 1.29 is 14.5 Å². The number of sulfonamides is 1. The topological polar surface area (TPSA) is 87.2 Å². The largest absolute Gasteiger partial charge is 0.373 e. The molecule has 0 fully saturated rings. The van der Waals surface area contributed by atoms with Crippen molar-refractivity contribution in [2.75, 3.05) is 6.61 Å². The van der Waals surface area contributed by atoms with Crippen LogP contribution in [0.15, 0.2) is 11.4 Å². The maximum atomic E-state index is 11.1. The molecule has 0 bridgehead atoms. The molecule has 1 atom stereocenters. The van der Waals surface area contributed by atoms with E-state index in [-0.39, 0.29) is 18.4 Å². The fourth-order valence-corrected chi connectivity index (χ4v) is 1.85. The number of ether oxygens (including phenoxy) is 1. The first-order valence-corrected chi connectivity index (χ1v) is 5.13. The molecule has 2 rings (SSSR count). The van der Waals surface area contributed by atoms with E-state index in [1.807, 2.05) is 0 Å². The van der Waals surface area contributed by atoms with E-state index in [0.29, 0.717) is 5.69 Å². The Morgan fingerprint density at radius 2 is 2.54 bits per heavy atom. The minimum absolute atomic E-state index is 0.145. The van der Waals surface area contributed by atoms with E-state index in [1.165, 1.54) is 10.8 Å². The summed E-state index contributed by atoms with van der Waals surface area (Å²) in [6.45, 7) is -0.390. The van der Waals surface area contributed by atoms with Crippen LogP contribution in [0.25, 0.3) is 0 Å². The van der Waals surface area contributed by atoms with Gasteiger partial charge in [0.15, 0.2) is 0 Å². The highest BCUT2D eigenvalue weighted by atomic mass is 32.2. The molecular weight excluding hydrogens is 194 g/mol. The lowest BCUT2D eigenvalue weighted by atomic mass is 10.4. The zero-order valence-corrected chi connectivity index (χ0v) is 7.49. The Kier molecular flexibility index (Phi) is 1.61. The van der Waals surface area contributed by atoms with Crippen LogP contribution in [-0.4, -0.2) is 24.6 Å². The first kappa shape index (κ1) is 7.48. The van der Waals surface area contributed by atoms with Crippen molar-refractivity contribution in [2.24, 2.45) is 5.14 Å². The predicted molar refractivity (Wildman–Crippen MR) is 43.3 cm³/mol. The van der Waals surface area contributed by atoms with Crippen LogP contribution >= 0.6 is 0 Å². The van der Waals surface area contributed by atoms with Crippen LogP contribution in [-0.2, 0) is 27.9 Å². The van der Waals surface area contributed by atoms with Crippen molar-refractivity contribution >= 4 is 10.0 Å². The van der Waals surface area contributed by atoms with E-state index in [4.69, 9.17) is 11.2 Å². The average Bonchev–Trinajstić information content (AvgIpc) is 2.47. The highest BCUT2D eigenvalue weighted by Gasteiger charge is 2.21. The summed E-state index contributed by atoms with van der Waals surface area (Å²) in [6.07, 6.45) is 1.36. The van der Waals surface area contributed by atoms with Gasteiger partial charge in [0.25, 0.3) is 10.0 Å². The molecular formula is C6H9N3O3S. The van der Waals surface area contributed by atoms with Crippen LogP contribution in [0.3, 0.4) is 0 Å². The third-order valence-electron chi connectivity index (χ3n) is 1.72. The minimum atomic E-state index is -3.86. The first-order valence-electron chi connectivity index (χ1n) is 4.17. The number of imidazole rings is 1. The van der Waals surface area contributed by atoms with Gasteiger partial charge in [0.2, 0.25) is 5.16 Å². The van der Waals surface area contributed by atoms with Crippen molar-refractivity contribution in [3.8, 4) is 0 Å². The first-order chi connectivity index (χ1) is 6.50. The number of rotatable bonds is 1. The molecule has 1 aromatic rings. The molecule has 1 aliphatic rings. The second-order valence-corrected chi connectivity index (χ2v) is 4.10. The molecule has 1 unspecified atom stereocenters. The highest BCUT2D eigenvalue weighted by Crippen LogP contribution is 2.14. The average molecular weight is 204 g/mol. The summed E-state index contributed by atoms with van der Waals surface area (Å²) in [5.41, 5.74) is 0.556. The SMILES string of the molecule is [2H]C1COCc2cnc(S(N)(=O)=O)n21. The number of hydrogen-bond donors (Lipinski definition) is 1. The third kappa shape index (κ3) is 1.45. The van der Waals surface area contributed by atoms with Crippen LogP contribution in [0.2, 0.25) is 0 Å². The number of hydrogen-bond acceptors (Lipinski definition) is 4. The van der Waals surface area contributed by atoms with Gasteiger partial charge in [0.1, 0.15) is 0 Å². The molecule has 13 heavy (non-hydrogen) atoms. The van der Waals surface area contributed by atoms with Crippen molar-refractivity contribution in [3.05, 3.63) is 11.9 Å². The number of fused-ring (bicyclic) bond motifs is 1. The molecule has 0 aromatic carbocycles. The molecule has 0 amide bonds. The summed E-state index contributed by atoms with van der Waals surface area (Å²) >= 11 is 0. The smallest absolute Gasteiger partial charge is 0.272 e. The Labute approximate surface area is 76.8 Å². The quantitative estimate of drug-likeness (QED) is 0.639. The van der Waals surface area contributed by atoms with Gasteiger partial charge in [-0.2, -0.15) is 0 Å². The summed E-state index contributed by atoms with van der Waals surface area (Å²) in [5.74, 6) is 0. The van der Waals surface area contributed by atoms with Gasteiger partial charge >= 0.3 is 0 Å². The lowest BCUT2D eigenvalue weighted by Crippen LogP contribution is -2.23. The minimum Gasteiger partial charge on any atom is -0.373 e. The van der Waals surface area contributed by atoms with Gasteiger partial charge < -0.3 is 9.30 Å². The van der Waals surface area contributed by atoms with Gasteiger partial charge in [-0.05, 0) is 0 Å². The Bertz CT molecular complexity index is 455. The molecule has 6 nitrogen and oxygen atoms in total. The number of nitrogens with zero attached hydrogens (tertiary/aromatic N) is 2. The molecule has 0 saturated heterocycles. The summed E-state index contributed by atoms with van der Waals surface area (Å²) < 4.78 is 36.1. The van der Waals surface area contributed by atoms with E-state index in [0.717, 1.165) is 0 Å². The Morgan fingerprint density at radius 3 is 3.23 bits per heavy atom. The molecule has 1 aromatic heterocycles. The molecule has 0 aliphatic carbocycles. The fourth-order valence-electron chi connectivity index (χ4n) is 1.18. The van der Waals surface area contributed by atoms with Crippen LogP contribution in [0.5, 0.6) is 0 Å². The third-order valence-corrected chi connectivity index (χ3v) is 2.53. The lowest BCUT2D eigenvalue weighted by Gasteiger charge is -2.15. The van der Waals surface area contributed by atoms with Gasteiger partial charge in [-0.3, -0.25) is 0 Å². The summed E-state index contributed by atoms with van der Waals surface area (Å²) in [4.78, 5) is 3.67. The maximum Gasteiger partial charge on any atom is 0.272 e. The summed E-state index contributed by atoms with van der Waals surface area (Å²) in [7, 11) is -3.86. The maximum absolute atomic E-state index is 11.1. The number of nitrogens with two attached hydrogens (primary N) is 1. The van der Waals surface area contributed by atoms with E-state index >= 15 is 0 Å². The van der Waals surface area contributed by atoms with Crippen LogP contribution in [0, 0.1) is 0 Å². The fraction of sp³-hybridized carbons (Fsp3) is 0.500. The molecule has 1 aliphatic heterocycles. The van der Waals surface area contributed by atoms with Gasteiger partial charge in [0, 0.05) is 6.52 Å². The van der Waals surface area contributed by atoms with Crippen LogP contribution < -0.4 is 5.14 Å². The zero-order valence-electron chi connectivity index (χ0n) is 7.67. The molecule has 7 heteroatoms. The molecule has 0 radical (unpaired) electrons. The van der Waals surface area contributed by atoms with Crippen LogP contribution in [0.1, 0.15) is 7.06 Å². The van der Waals surface area contributed by atoms with Crippen LogP contribution in [0.4, 0.5) is 0 Å². The number of primary sulfonamides is 1. The lowest BCUT2D eigenvalue weighted by molar-refractivity contribution is 0.0817. The van der Waals surface area contributed by atoms with E-state index in [1.54, 1.807) is 0 Å². The van der Waals surface area contributed by atoms with Crippen molar-refractivity contribution in [2.45, 2.75) is 18.3 Å². The van der Waals surface area contributed by atoms with Gasteiger partial charge in [-0.25, -0.2) is 18.5 Å². The molecule has 72 valence electrons. The Hall–Kier alpha value is -0.920. The van der Waals surface area contributed by atoms with E-state index < -0.39 is 16.5 Å².